The van der Waals surface area contributed by atoms with Crippen molar-refractivity contribution in [3.05, 3.63) is 70.3 Å². The lowest BCUT2D eigenvalue weighted by Crippen LogP contribution is -2.54. The van der Waals surface area contributed by atoms with Gasteiger partial charge in [-0.3, -0.25) is 14.9 Å². The highest BCUT2D eigenvalue weighted by Gasteiger charge is 2.37. The van der Waals surface area contributed by atoms with Crippen LogP contribution in [0.1, 0.15) is 43.0 Å². The second-order valence-electron chi connectivity index (χ2n) is 9.01. The maximum Gasteiger partial charge on any atom is 0.335 e. The first-order chi connectivity index (χ1) is 15.0. The maximum atomic E-state index is 13.3. The van der Waals surface area contributed by atoms with Crippen molar-refractivity contribution < 1.29 is 14.4 Å². The van der Waals surface area contributed by atoms with Crippen LogP contribution in [0.15, 0.2) is 48.0 Å². The number of hydrogen-bond donors (Lipinski definition) is 1. The lowest BCUT2D eigenvalue weighted by Gasteiger charge is -2.41. The third-order valence-corrected chi connectivity index (χ3v) is 6.36. The van der Waals surface area contributed by atoms with Crippen molar-refractivity contribution in [1.29, 1.82) is 0 Å². The Morgan fingerprint density at radius 3 is 2.31 bits per heavy atom. The molecule has 0 radical (unpaired) electrons. The van der Waals surface area contributed by atoms with Gasteiger partial charge in [0.1, 0.15) is 5.57 Å². The second-order valence-corrected chi connectivity index (χ2v) is 9.01. The summed E-state index contributed by atoms with van der Waals surface area (Å²) in [5.41, 5.74) is 6.04. The van der Waals surface area contributed by atoms with Gasteiger partial charge in [-0.1, -0.05) is 24.3 Å². The van der Waals surface area contributed by atoms with Gasteiger partial charge in [0.15, 0.2) is 0 Å². The summed E-state index contributed by atoms with van der Waals surface area (Å²) in [7, 11) is 2.06. The number of hydrogen-bond acceptors (Lipinski definition) is 4. The number of barbiturate groups is 1. The van der Waals surface area contributed by atoms with Crippen molar-refractivity contribution in [2.75, 3.05) is 16.8 Å². The molecule has 4 rings (SSSR count). The molecule has 2 aromatic rings. The molecule has 6 heteroatoms. The highest BCUT2D eigenvalue weighted by atomic mass is 16.2. The molecule has 0 spiro atoms. The molecule has 32 heavy (non-hydrogen) atoms. The van der Waals surface area contributed by atoms with Gasteiger partial charge in [-0.2, -0.15) is 0 Å². The topological polar surface area (TPSA) is 69.7 Å². The minimum absolute atomic E-state index is 0.0676. The normalized spacial score (nSPS) is 19.1. The zero-order valence-corrected chi connectivity index (χ0v) is 19.2. The van der Waals surface area contributed by atoms with Gasteiger partial charge in [0.2, 0.25) is 0 Å². The van der Waals surface area contributed by atoms with E-state index in [0.29, 0.717) is 5.69 Å². The van der Waals surface area contributed by atoms with Crippen LogP contribution >= 0.6 is 0 Å². The first kappa shape index (κ1) is 21.6. The summed E-state index contributed by atoms with van der Waals surface area (Å²) >= 11 is 0. The molecule has 2 heterocycles. The fourth-order valence-electron chi connectivity index (χ4n) is 4.32. The molecule has 1 saturated heterocycles. The summed E-state index contributed by atoms with van der Waals surface area (Å²) in [4.78, 5) is 41.6. The van der Waals surface area contributed by atoms with Crippen LogP contribution in [0, 0.1) is 13.8 Å². The van der Waals surface area contributed by atoms with Crippen molar-refractivity contribution in [3.63, 3.8) is 0 Å². The number of aryl methyl sites for hydroxylation is 2. The van der Waals surface area contributed by atoms with Crippen LogP contribution in [-0.4, -0.2) is 30.4 Å². The minimum atomic E-state index is -0.740. The van der Waals surface area contributed by atoms with E-state index in [2.05, 4.69) is 50.2 Å². The first-order valence-electron chi connectivity index (χ1n) is 10.6. The van der Waals surface area contributed by atoms with E-state index in [4.69, 9.17) is 0 Å². The fraction of sp³-hybridized carbons (Fsp3) is 0.269. The number of fused-ring (bicyclic) bond motifs is 1. The monoisotopic (exact) mass is 429 g/mol. The van der Waals surface area contributed by atoms with Gasteiger partial charge in [-0.25, -0.2) is 9.69 Å². The number of amides is 4. The number of allylic oxidation sites excluding steroid dienone is 1. The fourth-order valence-corrected chi connectivity index (χ4v) is 4.32. The molecule has 4 amide bonds. The van der Waals surface area contributed by atoms with Crippen LogP contribution in [0.25, 0.3) is 11.6 Å². The summed E-state index contributed by atoms with van der Waals surface area (Å²) in [5, 5.41) is 2.30. The van der Waals surface area contributed by atoms with Crippen molar-refractivity contribution >= 4 is 40.9 Å². The van der Waals surface area contributed by atoms with E-state index in [1.54, 1.807) is 18.2 Å². The molecule has 0 atom stereocenters. The number of nitrogens with one attached hydrogen (secondary N) is 1. The maximum absolute atomic E-state index is 13.3. The van der Waals surface area contributed by atoms with Gasteiger partial charge >= 0.3 is 6.03 Å². The Labute approximate surface area is 188 Å². The van der Waals surface area contributed by atoms with Crippen LogP contribution in [0.2, 0.25) is 0 Å². The van der Waals surface area contributed by atoms with E-state index in [-0.39, 0.29) is 11.1 Å². The Morgan fingerprint density at radius 1 is 0.938 bits per heavy atom. The molecule has 0 unspecified atom stereocenters. The van der Waals surface area contributed by atoms with E-state index >= 15 is 0 Å². The SMILES string of the molecule is CC1=CC(C)(C)N(C)c2cc(C)c(/C=C3/C(=O)NC(=O)N(c4ccccc4C)C3=O)cc21. The zero-order valence-electron chi connectivity index (χ0n) is 19.2. The van der Waals surface area contributed by atoms with Gasteiger partial charge in [0, 0.05) is 18.3 Å². The number of imide groups is 2. The standard InChI is InChI=1S/C26H27N3O3/c1-15-9-7-8-10-21(15)29-24(31)20(23(30)27-25(29)32)13-18-12-19-17(3)14-26(4,5)28(6)22(19)11-16(18)2/h7-14H,1-6H3,(H,27,30,32)/b20-13-. The molecule has 2 aliphatic heterocycles. The number of para-hydroxylation sites is 1. The number of urea groups is 1. The summed E-state index contributed by atoms with van der Waals surface area (Å²) in [6, 6.07) is 10.4. The Bertz CT molecular complexity index is 1240. The number of benzene rings is 2. The van der Waals surface area contributed by atoms with E-state index in [1.807, 2.05) is 32.0 Å². The Hall–Kier alpha value is -3.67. The van der Waals surface area contributed by atoms with Gasteiger partial charge in [0.05, 0.1) is 11.2 Å². The number of carbonyl (C=O) groups excluding carboxylic acids is 3. The smallest absolute Gasteiger partial charge is 0.335 e. The van der Waals surface area contributed by atoms with Crippen LogP contribution in [-0.2, 0) is 9.59 Å². The molecule has 2 aromatic carbocycles. The number of anilines is 2. The Morgan fingerprint density at radius 2 is 1.62 bits per heavy atom. The van der Waals surface area contributed by atoms with E-state index in [1.165, 1.54) is 0 Å². The van der Waals surface area contributed by atoms with Crippen LogP contribution in [0.5, 0.6) is 0 Å². The number of nitrogens with zero attached hydrogens (tertiary/aromatic N) is 2. The van der Waals surface area contributed by atoms with Crippen molar-refractivity contribution in [2.24, 2.45) is 0 Å². The largest absolute Gasteiger partial charge is 0.365 e. The van der Waals surface area contributed by atoms with Crippen molar-refractivity contribution in [1.82, 2.24) is 5.32 Å². The Balaban J connectivity index is 1.81. The lowest BCUT2D eigenvalue weighted by molar-refractivity contribution is -0.122. The van der Waals surface area contributed by atoms with Crippen LogP contribution in [0.3, 0.4) is 0 Å². The molecule has 0 bridgehead atoms. The number of carbonyl (C=O) groups is 3. The lowest BCUT2D eigenvalue weighted by atomic mass is 9.87. The third kappa shape index (κ3) is 3.42. The van der Waals surface area contributed by atoms with E-state index in [9.17, 15) is 14.4 Å². The van der Waals surface area contributed by atoms with E-state index in [0.717, 1.165) is 38.4 Å². The molecule has 6 nitrogen and oxygen atoms in total. The highest BCUT2D eigenvalue weighted by molar-refractivity contribution is 6.39. The molecule has 2 aliphatic rings. The van der Waals surface area contributed by atoms with Gasteiger partial charge in [0.25, 0.3) is 11.8 Å². The molecule has 1 fully saturated rings. The van der Waals surface area contributed by atoms with Crippen molar-refractivity contribution in [3.8, 4) is 0 Å². The predicted molar refractivity (Wildman–Crippen MR) is 127 cm³/mol. The predicted octanol–water partition coefficient (Wildman–Crippen LogP) is 4.60. The number of rotatable bonds is 2. The van der Waals surface area contributed by atoms with Crippen molar-refractivity contribution in [2.45, 2.75) is 40.2 Å². The van der Waals surface area contributed by atoms with Crippen LogP contribution < -0.4 is 15.1 Å². The second kappa shape index (κ2) is 7.48. The average Bonchev–Trinajstić information content (AvgIpc) is 2.71. The molecule has 164 valence electrons. The average molecular weight is 430 g/mol. The first-order valence-corrected chi connectivity index (χ1v) is 10.6. The molecular formula is C26H27N3O3. The molecule has 1 N–H and O–H groups in total. The third-order valence-electron chi connectivity index (χ3n) is 6.36. The highest BCUT2D eigenvalue weighted by Crippen LogP contribution is 2.39. The zero-order chi connectivity index (χ0) is 23.4. The summed E-state index contributed by atoms with van der Waals surface area (Å²) in [6.45, 7) is 10.2. The number of likely N-dealkylation sites (N-methyl/N-ethyl adjacent to an activating group) is 1. The molecule has 0 saturated carbocycles. The molecule has 0 aromatic heterocycles. The quantitative estimate of drug-likeness (QED) is 0.559. The molecular weight excluding hydrogens is 402 g/mol. The summed E-state index contributed by atoms with van der Waals surface area (Å²) < 4.78 is 0. The minimum Gasteiger partial charge on any atom is -0.365 e. The Kier molecular flexibility index (Phi) is 5.04. The van der Waals surface area contributed by atoms with Gasteiger partial charge in [-0.15, -0.1) is 0 Å². The van der Waals surface area contributed by atoms with Crippen LogP contribution in [0.4, 0.5) is 16.2 Å². The molecule has 0 aliphatic carbocycles. The van der Waals surface area contributed by atoms with Gasteiger partial charge < -0.3 is 4.90 Å². The van der Waals surface area contributed by atoms with Gasteiger partial charge in [-0.05, 0) is 81.2 Å². The summed E-state index contributed by atoms with van der Waals surface area (Å²) in [6.07, 6.45) is 3.79. The van der Waals surface area contributed by atoms with E-state index < -0.39 is 17.8 Å². The summed E-state index contributed by atoms with van der Waals surface area (Å²) in [5.74, 6) is -1.32.